The highest BCUT2D eigenvalue weighted by Gasteiger charge is 2.13. The molecule has 0 radical (unpaired) electrons. The second-order valence-electron chi connectivity index (χ2n) is 5.27. The van der Waals surface area contributed by atoms with Crippen molar-refractivity contribution in [3.63, 3.8) is 0 Å². The summed E-state index contributed by atoms with van der Waals surface area (Å²) in [7, 11) is 0. The van der Waals surface area contributed by atoms with Crippen LogP contribution in [-0.2, 0) is 12.3 Å². The molecule has 3 aromatic rings. The van der Waals surface area contributed by atoms with Gasteiger partial charge in [0.2, 0.25) is 0 Å². The molecule has 3 rings (SSSR count). The zero-order chi connectivity index (χ0) is 17.8. The van der Waals surface area contributed by atoms with E-state index >= 15 is 0 Å². The van der Waals surface area contributed by atoms with Crippen molar-refractivity contribution in [3.8, 4) is 11.4 Å². The van der Waals surface area contributed by atoms with Crippen molar-refractivity contribution in [2.24, 2.45) is 0 Å². The predicted molar refractivity (Wildman–Crippen MR) is 101 cm³/mol. The van der Waals surface area contributed by atoms with Gasteiger partial charge in [0.05, 0.1) is 4.92 Å². The van der Waals surface area contributed by atoms with Crippen molar-refractivity contribution in [1.82, 2.24) is 14.8 Å². The number of non-ortho nitro benzene ring substituents is 1. The van der Waals surface area contributed by atoms with Gasteiger partial charge in [0.1, 0.15) is 0 Å². The molecule has 0 atom stereocenters. The molecule has 0 amide bonds. The molecule has 0 aliphatic carbocycles. The molecule has 0 aliphatic heterocycles. The molecule has 0 aliphatic rings. The molecule has 1 aromatic heterocycles. The minimum atomic E-state index is -0.394. The Balaban J connectivity index is 1.76. The number of aromatic nitrogens is 3. The number of halogens is 1. The van der Waals surface area contributed by atoms with Gasteiger partial charge in [-0.3, -0.25) is 10.1 Å². The van der Waals surface area contributed by atoms with Crippen molar-refractivity contribution in [1.29, 1.82) is 0 Å². The highest BCUT2D eigenvalue weighted by atomic mass is 79.9. The van der Waals surface area contributed by atoms with Gasteiger partial charge in [-0.1, -0.05) is 52.0 Å². The predicted octanol–water partition coefficient (Wildman–Crippen LogP) is 4.93. The van der Waals surface area contributed by atoms with Gasteiger partial charge in [0.15, 0.2) is 11.0 Å². The van der Waals surface area contributed by atoms with E-state index in [4.69, 9.17) is 0 Å². The van der Waals surface area contributed by atoms with Crippen molar-refractivity contribution < 1.29 is 4.92 Å². The first-order valence-electron chi connectivity index (χ1n) is 7.63. The summed E-state index contributed by atoms with van der Waals surface area (Å²) in [6.07, 6.45) is 0. The van der Waals surface area contributed by atoms with E-state index in [9.17, 15) is 10.1 Å². The molecule has 0 spiro atoms. The van der Waals surface area contributed by atoms with Gasteiger partial charge >= 0.3 is 0 Å². The number of thioether (sulfide) groups is 1. The zero-order valence-corrected chi connectivity index (χ0v) is 15.8. The second kappa shape index (κ2) is 7.79. The lowest BCUT2D eigenvalue weighted by molar-refractivity contribution is -0.384. The molecule has 0 bridgehead atoms. The first kappa shape index (κ1) is 17.6. The molecule has 0 fully saturated rings. The molecule has 2 aromatic carbocycles. The Hall–Kier alpha value is -2.19. The van der Waals surface area contributed by atoms with E-state index < -0.39 is 4.92 Å². The summed E-state index contributed by atoms with van der Waals surface area (Å²) in [5.74, 6) is 1.51. The Labute approximate surface area is 157 Å². The van der Waals surface area contributed by atoms with Crippen LogP contribution in [0.4, 0.5) is 5.69 Å². The first-order valence-corrected chi connectivity index (χ1v) is 9.41. The molecule has 1 heterocycles. The van der Waals surface area contributed by atoms with Gasteiger partial charge in [-0.15, -0.1) is 10.2 Å². The van der Waals surface area contributed by atoms with Crippen LogP contribution in [0.3, 0.4) is 0 Å². The molecule has 8 heteroatoms. The summed E-state index contributed by atoms with van der Waals surface area (Å²) in [4.78, 5) is 10.3. The number of benzene rings is 2. The van der Waals surface area contributed by atoms with Gasteiger partial charge < -0.3 is 4.57 Å². The average Bonchev–Trinajstić information content (AvgIpc) is 3.04. The molecular weight excluding hydrogens is 404 g/mol. The fourth-order valence-corrected chi connectivity index (χ4v) is 3.58. The molecule has 0 saturated carbocycles. The molecule has 6 nitrogen and oxygen atoms in total. The molecule has 0 unspecified atom stereocenters. The monoisotopic (exact) mass is 418 g/mol. The zero-order valence-electron chi connectivity index (χ0n) is 13.4. The summed E-state index contributed by atoms with van der Waals surface area (Å²) in [5, 5.41) is 20.2. The maximum atomic E-state index is 10.7. The van der Waals surface area contributed by atoms with Gasteiger partial charge in [0.25, 0.3) is 5.69 Å². The Morgan fingerprint density at radius 1 is 1.12 bits per heavy atom. The fraction of sp³-hybridized carbons (Fsp3) is 0.176. The number of rotatable bonds is 6. The maximum Gasteiger partial charge on any atom is 0.269 e. The van der Waals surface area contributed by atoms with Crippen LogP contribution in [0.1, 0.15) is 12.5 Å². The van der Waals surface area contributed by atoms with E-state index in [1.807, 2.05) is 24.3 Å². The minimum absolute atomic E-state index is 0.1000. The van der Waals surface area contributed by atoms with Crippen LogP contribution in [0.25, 0.3) is 11.4 Å². The second-order valence-corrected chi connectivity index (χ2v) is 7.13. The number of hydrogen-bond acceptors (Lipinski definition) is 5. The lowest BCUT2D eigenvalue weighted by atomic mass is 10.2. The van der Waals surface area contributed by atoms with Crippen LogP contribution in [-0.4, -0.2) is 19.7 Å². The minimum Gasteiger partial charge on any atom is -0.302 e. The van der Waals surface area contributed by atoms with Gasteiger partial charge in [-0.2, -0.15) is 0 Å². The smallest absolute Gasteiger partial charge is 0.269 e. The van der Waals surface area contributed by atoms with Crippen LogP contribution < -0.4 is 0 Å². The Kier molecular flexibility index (Phi) is 5.50. The van der Waals surface area contributed by atoms with Gasteiger partial charge in [-0.25, -0.2) is 0 Å². The summed E-state index contributed by atoms with van der Waals surface area (Å²) >= 11 is 5.00. The number of nitro groups is 1. The van der Waals surface area contributed by atoms with Crippen molar-refractivity contribution in [3.05, 3.63) is 68.7 Å². The standard InChI is InChI=1S/C17H15BrN4O2S/c1-2-21-16(13-5-7-14(18)8-6-13)19-20-17(21)25-11-12-3-9-15(10-4-12)22(23)24/h3-10H,2,11H2,1H3. The highest BCUT2D eigenvalue weighted by molar-refractivity contribution is 9.10. The molecular formula is C17H15BrN4O2S. The van der Waals surface area contributed by atoms with Crippen LogP contribution in [0.15, 0.2) is 58.2 Å². The molecule has 0 N–H and O–H groups in total. The molecule has 25 heavy (non-hydrogen) atoms. The number of nitro benzene ring substituents is 1. The third kappa shape index (κ3) is 4.08. The average molecular weight is 419 g/mol. The van der Waals surface area contributed by atoms with Crippen LogP contribution in [0.5, 0.6) is 0 Å². The van der Waals surface area contributed by atoms with Gasteiger partial charge in [-0.05, 0) is 24.6 Å². The van der Waals surface area contributed by atoms with E-state index in [0.717, 1.165) is 33.1 Å². The summed E-state index contributed by atoms with van der Waals surface area (Å²) < 4.78 is 3.09. The Morgan fingerprint density at radius 3 is 2.40 bits per heavy atom. The summed E-state index contributed by atoms with van der Waals surface area (Å²) in [5.41, 5.74) is 2.12. The lowest BCUT2D eigenvalue weighted by Gasteiger charge is -2.07. The molecule has 0 saturated heterocycles. The summed E-state index contributed by atoms with van der Waals surface area (Å²) in [6.45, 7) is 2.82. The van der Waals surface area contributed by atoms with Gasteiger partial charge in [0, 0.05) is 34.5 Å². The third-order valence-corrected chi connectivity index (χ3v) is 5.22. The maximum absolute atomic E-state index is 10.7. The van der Waals surface area contributed by atoms with Crippen molar-refractivity contribution >= 4 is 33.4 Å². The van der Waals surface area contributed by atoms with Crippen LogP contribution in [0, 0.1) is 10.1 Å². The first-order chi connectivity index (χ1) is 12.1. The van der Waals surface area contributed by atoms with Crippen molar-refractivity contribution in [2.75, 3.05) is 0 Å². The third-order valence-electron chi connectivity index (χ3n) is 3.65. The van der Waals surface area contributed by atoms with E-state index in [1.54, 1.807) is 23.9 Å². The quantitative estimate of drug-likeness (QED) is 0.322. The summed E-state index contributed by atoms with van der Waals surface area (Å²) in [6, 6.07) is 14.6. The number of nitrogens with zero attached hydrogens (tertiary/aromatic N) is 4. The van der Waals surface area contributed by atoms with E-state index in [2.05, 4.69) is 37.6 Å². The highest BCUT2D eigenvalue weighted by Crippen LogP contribution is 2.27. The number of hydrogen-bond donors (Lipinski definition) is 0. The molecule has 128 valence electrons. The van der Waals surface area contributed by atoms with Crippen molar-refractivity contribution in [2.45, 2.75) is 24.4 Å². The van der Waals surface area contributed by atoms with Crippen LogP contribution in [0.2, 0.25) is 0 Å². The Morgan fingerprint density at radius 2 is 1.80 bits per heavy atom. The Bertz CT molecular complexity index is 879. The van der Waals surface area contributed by atoms with E-state index in [-0.39, 0.29) is 5.69 Å². The van der Waals surface area contributed by atoms with E-state index in [0.29, 0.717) is 5.75 Å². The largest absolute Gasteiger partial charge is 0.302 e. The topological polar surface area (TPSA) is 73.8 Å². The normalized spacial score (nSPS) is 10.8. The lowest BCUT2D eigenvalue weighted by Crippen LogP contribution is -1.99. The SMILES string of the molecule is CCn1c(SCc2ccc([N+](=O)[O-])cc2)nnc1-c1ccc(Br)cc1. The fourth-order valence-electron chi connectivity index (χ4n) is 2.35. The van der Waals surface area contributed by atoms with Crippen LogP contribution >= 0.6 is 27.7 Å². The van der Waals surface area contributed by atoms with E-state index in [1.165, 1.54) is 12.1 Å².